The van der Waals surface area contributed by atoms with Crippen LogP contribution < -0.4 is 5.73 Å². The molecule has 3 rings (SSSR count). The maximum atomic E-state index is 11.3. The van der Waals surface area contributed by atoms with E-state index >= 15 is 0 Å². The lowest BCUT2D eigenvalue weighted by Gasteiger charge is -2.09. The number of aromatic nitrogens is 3. The predicted octanol–water partition coefficient (Wildman–Crippen LogP) is 2.18. The quantitative estimate of drug-likeness (QED) is 0.782. The summed E-state index contributed by atoms with van der Waals surface area (Å²) in [7, 11) is 0. The molecule has 1 amide bonds. The fourth-order valence-electron chi connectivity index (χ4n) is 2.06. The molecular formula is C13H8ClN4O2. The summed E-state index contributed by atoms with van der Waals surface area (Å²) in [5.41, 5.74) is 8.51. The van der Waals surface area contributed by atoms with Gasteiger partial charge in [0.2, 0.25) is 0 Å². The van der Waals surface area contributed by atoms with Gasteiger partial charge in [0.1, 0.15) is 12.1 Å². The van der Waals surface area contributed by atoms with Crippen molar-refractivity contribution in [3.8, 4) is 16.9 Å². The highest BCUT2D eigenvalue weighted by Gasteiger charge is 2.19. The number of benzene rings is 1. The average Bonchev–Trinajstić information content (AvgIpc) is 2.86. The standard InChI is InChI=1S/C13H8ClN4O2/c14-9-4-2-1-3-7(9)8-5-10(19)11(12(15)20)18-13(8)16-6-17-18/h1-6,15,19H. The van der Waals surface area contributed by atoms with E-state index in [1.165, 1.54) is 12.4 Å². The molecule has 2 aromatic heterocycles. The van der Waals surface area contributed by atoms with E-state index in [-0.39, 0.29) is 11.4 Å². The molecule has 0 spiro atoms. The largest absolute Gasteiger partial charge is 0.505 e. The van der Waals surface area contributed by atoms with Crippen molar-refractivity contribution >= 4 is 23.2 Å². The Kier molecular flexibility index (Phi) is 2.80. The van der Waals surface area contributed by atoms with E-state index in [9.17, 15) is 9.90 Å². The summed E-state index contributed by atoms with van der Waals surface area (Å²) in [4.78, 5) is 15.4. The van der Waals surface area contributed by atoms with Gasteiger partial charge in [0, 0.05) is 16.1 Å². The number of rotatable bonds is 2. The number of aromatic hydroxyl groups is 1. The van der Waals surface area contributed by atoms with Crippen molar-refractivity contribution in [2.24, 2.45) is 0 Å². The van der Waals surface area contributed by atoms with Crippen LogP contribution in [0.3, 0.4) is 0 Å². The summed E-state index contributed by atoms with van der Waals surface area (Å²) in [5.74, 6) is -1.37. The lowest BCUT2D eigenvalue weighted by atomic mass is 10.1. The van der Waals surface area contributed by atoms with Gasteiger partial charge in [0.25, 0.3) is 5.91 Å². The number of hydrogen-bond acceptors (Lipinski definition) is 4. The van der Waals surface area contributed by atoms with E-state index < -0.39 is 5.91 Å². The third kappa shape index (κ3) is 1.78. The van der Waals surface area contributed by atoms with Crippen LogP contribution in [0.4, 0.5) is 0 Å². The number of halogens is 1. The van der Waals surface area contributed by atoms with E-state index in [0.717, 1.165) is 4.52 Å². The molecule has 2 heterocycles. The zero-order chi connectivity index (χ0) is 14.3. The average molecular weight is 288 g/mol. The van der Waals surface area contributed by atoms with Crippen molar-refractivity contribution in [2.75, 3.05) is 0 Å². The summed E-state index contributed by atoms with van der Waals surface area (Å²) in [6, 6.07) is 8.44. The molecule has 0 saturated heterocycles. The molecule has 99 valence electrons. The summed E-state index contributed by atoms with van der Waals surface area (Å²) < 4.78 is 1.14. The lowest BCUT2D eigenvalue weighted by Crippen LogP contribution is -2.09. The topological polar surface area (TPSA) is 91.3 Å². The maximum absolute atomic E-state index is 11.3. The Balaban J connectivity index is 2.40. The van der Waals surface area contributed by atoms with E-state index in [2.05, 4.69) is 10.1 Å². The Labute approximate surface area is 118 Å². The van der Waals surface area contributed by atoms with Crippen LogP contribution in [0.2, 0.25) is 5.02 Å². The van der Waals surface area contributed by atoms with Crippen LogP contribution in [0.15, 0.2) is 36.7 Å². The Bertz CT molecular complexity index is 828. The second-order valence-electron chi connectivity index (χ2n) is 4.10. The van der Waals surface area contributed by atoms with Gasteiger partial charge in [-0.05, 0) is 12.1 Å². The van der Waals surface area contributed by atoms with Crippen LogP contribution in [-0.2, 0) is 0 Å². The van der Waals surface area contributed by atoms with E-state index in [4.69, 9.17) is 17.3 Å². The first-order valence-corrected chi connectivity index (χ1v) is 6.04. The molecular weight excluding hydrogens is 280 g/mol. The molecule has 0 aliphatic heterocycles. The zero-order valence-electron chi connectivity index (χ0n) is 10.0. The maximum Gasteiger partial charge on any atom is 0.292 e. The molecule has 0 aliphatic rings. The summed E-state index contributed by atoms with van der Waals surface area (Å²) in [6.45, 7) is 0. The first-order valence-electron chi connectivity index (χ1n) is 5.66. The van der Waals surface area contributed by atoms with Crippen molar-refractivity contribution in [1.82, 2.24) is 20.3 Å². The smallest absolute Gasteiger partial charge is 0.292 e. The van der Waals surface area contributed by atoms with Crippen LogP contribution in [0.1, 0.15) is 10.5 Å². The Morgan fingerprint density at radius 3 is 2.75 bits per heavy atom. The van der Waals surface area contributed by atoms with Crippen molar-refractivity contribution in [3.63, 3.8) is 0 Å². The summed E-state index contributed by atoms with van der Waals surface area (Å²) >= 11 is 6.14. The summed E-state index contributed by atoms with van der Waals surface area (Å²) in [5, 5.41) is 14.3. The Hall–Kier alpha value is -2.60. The molecule has 3 aromatic rings. The van der Waals surface area contributed by atoms with Gasteiger partial charge < -0.3 is 5.11 Å². The molecule has 1 radical (unpaired) electrons. The Morgan fingerprint density at radius 1 is 1.30 bits per heavy atom. The first-order chi connectivity index (χ1) is 9.59. The number of hydrogen-bond donors (Lipinski definition) is 1. The number of nitrogens with zero attached hydrogens (tertiary/aromatic N) is 3. The molecule has 7 heteroatoms. The number of fused-ring (bicyclic) bond motifs is 1. The van der Waals surface area contributed by atoms with Crippen LogP contribution in [0.5, 0.6) is 5.75 Å². The fourth-order valence-corrected chi connectivity index (χ4v) is 2.29. The molecule has 0 saturated carbocycles. The van der Waals surface area contributed by atoms with Crippen LogP contribution in [-0.4, -0.2) is 25.6 Å². The zero-order valence-corrected chi connectivity index (χ0v) is 10.8. The van der Waals surface area contributed by atoms with E-state index in [1.807, 2.05) is 0 Å². The van der Waals surface area contributed by atoms with Crippen molar-refractivity contribution < 1.29 is 9.90 Å². The second kappa shape index (κ2) is 4.50. The minimum atomic E-state index is -1.04. The van der Waals surface area contributed by atoms with Gasteiger partial charge in [0.15, 0.2) is 11.3 Å². The van der Waals surface area contributed by atoms with E-state index in [0.29, 0.717) is 21.8 Å². The van der Waals surface area contributed by atoms with Crippen LogP contribution >= 0.6 is 11.6 Å². The highest BCUT2D eigenvalue weighted by Crippen LogP contribution is 2.33. The fraction of sp³-hybridized carbons (Fsp3) is 0. The Morgan fingerprint density at radius 2 is 2.05 bits per heavy atom. The molecule has 0 bridgehead atoms. The molecule has 0 aliphatic carbocycles. The van der Waals surface area contributed by atoms with Gasteiger partial charge in [-0.3, -0.25) is 10.5 Å². The summed E-state index contributed by atoms with van der Waals surface area (Å²) in [6.07, 6.45) is 1.25. The first kappa shape index (κ1) is 12.4. The van der Waals surface area contributed by atoms with Gasteiger partial charge in [-0.25, -0.2) is 9.50 Å². The van der Waals surface area contributed by atoms with Gasteiger partial charge in [-0.1, -0.05) is 29.8 Å². The third-order valence-electron chi connectivity index (χ3n) is 2.90. The van der Waals surface area contributed by atoms with Gasteiger partial charge in [-0.15, -0.1) is 0 Å². The molecule has 0 atom stereocenters. The predicted molar refractivity (Wildman–Crippen MR) is 72.5 cm³/mol. The number of carbonyl (C=O) groups is 1. The monoisotopic (exact) mass is 287 g/mol. The second-order valence-corrected chi connectivity index (χ2v) is 4.50. The molecule has 2 N–H and O–H groups in total. The third-order valence-corrected chi connectivity index (χ3v) is 3.23. The number of nitrogens with one attached hydrogen (secondary N) is 1. The SMILES string of the molecule is [NH]C(=O)c1c(O)cc(-c2ccccc2Cl)c2ncnn12. The molecule has 1 aromatic carbocycles. The van der Waals surface area contributed by atoms with Gasteiger partial charge in [0.05, 0.1) is 0 Å². The molecule has 20 heavy (non-hydrogen) atoms. The minimum Gasteiger partial charge on any atom is -0.505 e. The van der Waals surface area contributed by atoms with Crippen molar-refractivity contribution in [3.05, 3.63) is 47.4 Å². The van der Waals surface area contributed by atoms with Crippen molar-refractivity contribution in [1.29, 1.82) is 0 Å². The normalized spacial score (nSPS) is 10.8. The minimum absolute atomic E-state index is 0.228. The highest BCUT2D eigenvalue weighted by atomic mass is 35.5. The van der Waals surface area contributed by atoms with Gasteiger partial charge >= 0.3 is 0 Å². The van der Waals surface area contributed by atoms with Crippen LogP contribution in [0, 0.1) is 0 Å². The van der Waals surface area contributed by atoms with E-state index in [1.54, 1.807) is 24.3 Å². The number of carbonyl (C=O) groups excluding carboxylic acids is 1. The van der Waals surface area contributed by atoms with Gasteiger partial charge in [-0.2, -0.15) is 5.10 Å². The molecule has 0 unspecified atom stereocenters. The number of amides is 1. The highest BCUT2D eigenvalue weighted by molar-refractivity contribution is 6.33. The number of pyridine rings is 1. The lowest BCUT2D eigenvalue weighted by molar-refractivity contribution is 0.0982. The molecule has 6 nitrogen and oxygen atoms in total. The van der Waals surface area contributed by atoms with Crippen LogP contribution in [0.25, 0.3) is 16.8 Å². The van der Waals surface area contributed by atoms with Crippen molar-refractivity contribution in [2.45, 2.75) is 0 Å². The molecule has 0 fully saturated rings.